The Bertz CT molecular complexity index is 461. The average Bonchev–Trinajstić information content (AvgIpc) is 2.74. The molecule has 1 N–H and O–H groups in total. The average molecular weight is 280 g/mol. The van der Waals surface area contributed by atoms with Crippen molar-refractivity contribution in [2.75, 3.05) is 13.1 Å². The Labute approximate surface area is 123 Å². The van der Waals surface area contributed by atoms with Gasteiger partial charge in [-0.2, -0.15) is 0 Å². The van der Waals surface area contributed by atoms with Gasteiger partial charge in [-0.1, -0.05) is 32.9 Å². The lowest BCUT2D eigenvalue weighted by Gasteiger charge is -2.22. The molecule has 1 aromatic carbocycles. The number of amidine groups is 1. The summed E-state index contributed by atoms with van der Waals surface area (Å²) in [5.41, 5.74) is 5.84. The zero-order chi connectivity index (χ0) is 13.3. The molecule has 2 nitrogen and oxygen atoms in total. The molecular formula is C16H24ClN2-. The van der Waals surface area contributed by atoms with Gasteiger partial charge in [-0.15, -0.1) is 0 Å². The van der Waals surface area contributed by atoms with Crippen molar-refractivity contribution >= 4 is 5.84 Å². The van der Waals surface area contributed by atoms with Gasteiger partial charge in [0, 0.05) is 13.0 Å². The molecule has 0 radical (unpaired) electrons. The molecule has 0 saturated heterocycles. The van der Waals surface area contributed by atoms with Crippen LogP contribution in [0.4, 0.5) is 0 Å². The van der Waals surface area contributed by atoms with E-state index in [1.54, 1.807) is 0 Å². The minimum Gasteiger partial charge on any atom is -1.00 e. The maximum Gasteiger partial charge on any atom is 0.101 e. The van der Waals surface area contributed by atoms with Crippen LogP contribution in [0.2, 0.25) is 0 Å². The molecule has 0 saturated carbocycles. The number of benzene rings is 1. The van der Waals surface area contributed by atoms with Gasteiger partial charge in [0.05, 0.1) is 6.54 Å². The molecular weight excluding hydrogens is 256 g/mol. The first-order valence-electron chi connectivity index (χ1n) is 6.76. The molecule has 2 rings (SSSR count). The first kappa shape index (κ1) is 16.0. The molecule has 0 bridgehead atoms. The van der Waals surface area contributed by atoms with Crippen LogP contribution >= 0.6 is 0 Å². The van der Waals surface area contributed by atoms with Gasteiger partial charge in [0.2, 0.25) is 0 Å². The molecule has 19 heavy (non-hydrogen) atoms. The number of halogens is 1. The summed E-state index contributed by atoms with van der Waals surface area (Å²) in [7, 11) is 0. The summed E-state index contributed by atoms with van der Waals surface area (Å²) in [6.07, 6.45) is 0.947. The molecule has 0 spiro atoms. The van der Waals surface area contributed by atoms with Gasteiger partial charge >= 0.3 is 0 Å². The quantitative estimate of drug-likeness (QED) is 0.819. The van der Waals surface area contributed by atoms with Gasteiger partial charge in [0.15, 0.2) is 0 Å². The molecule has 0 fully saturated rings. The van der Waals surface area contributed by atoms with E-state index in [-0.39, 0.29) is 17.8 Å². The summed E-state index contributed by atoms with van der Waals surface area (Å²) in [6.45, 7) is 13.2. The minimum absolute atomic E-state index is 0. The van der Waals surface area contributed by atoms with Crippen LogP contribution in [0.1, 0.15) is 43.0 Å². The van der Waals surface area contributed by atoms with Crippen molar-refractivity contribution in [3.05, 3.63) is 34.4 Å². The lowest BCUT2D eigenvalue weighted by molar-refractivity contribution is -0.00000443. The third kappa shape index (κ3) is 3.73. The lowest BCUT2D eigenvalue weighted by atomic mass is 9.83. The fraction of sp³-hybridized carbons (Fsp3) is 0.562. The van der Waals surface area contributed by atoms with Crippen LogP contribution in [0.3, 0.4) is 0 Å². The molecule has 1 aromatic rings. The van der Waals surface area contributed by atoms with E-state index in [4.69, 9.17) is 0 Å². The van der Waals surface area contributed by atoms with Crippen molar-refractivity contribution in [3.63, 3.8) is 0 Å². The predicted molar refractivity (Wildman–Crippen MR) is 78.6 cm³/mol. The second-order valence-electron chi connectivity index (χ2n) is 6.27. The molecule has 3 heteroatoms. The molecule has 0 aliphatic carbocycles. The SMILES string of the molecule is Cc1cc(C(C)(C)C)cc(C)c1CC1=NCCN1.[Cl-]. The van der Waals surface area contributed by atoms with Crippen LogP contribution in [0.15, 0.2) is 17.1 Å². The number of nitrogens with zero attached hydrogens (tertiary/aromatic N) is 1. The smallest absolute Gasteiger partial charge is 0.101 e. The summed E-state index contributed by atoms with van der Waals surface area (Å²) >= 11 is 0. The van der Waals surface area contributed by atoms with Gasteiger partial charge < -0.3 is 17.7 Å². The predicted octanol–water partition coefficient (Wildman–Crippen LogP) is 0.149. The van der Waals surface area contributed by atoms with E-state index in [0.717, 1.165) is 25.3 Å². The van der Waals surface area contributed by atoms with Crippen molar-refractivity contribution in [3.8, 4) is 0 Å². The first-order chi connectivity index (χ1) is 8.38. The third-order valence-electron chi connectivity index (χ3n) is 3.65. The topological polar surface area (TPSA) is 24.4 Å². The van der Waals surface area contributed by atoms with Crippen molar-refractivity contribution in [1.29, 1.82) is 0 Å². The summed E-state index contributed by atoms with van der Waals surface area (Å²) in [5.74, 6) is 1.14. The summed E-state index contributed by atoms with van der Waals surface area (Å²) in [5, 5.41) is 3.35. The molecule has 0 amide bonds. The fourth-order valence-corrected chi connectivity index (χ4v) is 2.44. The second-order valence-corrected chi connectivity index (χ2v) is 6.27. The van der Waals surface area contributed by atoms with E-state index in [9.17, 15) is 0 Å². The maximum atomic E-state index is 4.49. The zero-order valence-electron chi connectivity index (χ0n) is 12.6. The Morgan fingerprint density at radius 2 is 1.74 bits per heavy atom. The van der Waals surface area contributed by atoms with E-state index in [0.29, 0.717) is 0 Å². The molecule has 0 atom stereocenters. The van der Waals surface area contributed by atoms with Crippen molar-refractivity contribution < 1.29 is 12.4 Å². The number of hydrogen-bond donors (Lipinski definition) is 1. The van der Waals surface area contributed by atoms with E-state index in [1.165, 1.54) is 22.3 Å². The monoisotopic (exact) mass is 279 g/mol. The Balaban J connectivity index is 0.00000180. The fourth-order valence-electron chi connectivity index (χ4n) is 2.44. The number of nitrogens with one attached hydrogen (secondary N) is 1. The number of aryl methyl sites for hydroxylation is 2. The van der Waals surface area contributed by atoms with Crippen LogP contribution in [0, 0.1) is 13.8 Å². The van der Waals surface area contributed by atoms with E-state index in [1.807, 2.05) is 0 Å². The summed E-state index contributed by atoms with van der Waals surface area (Å²) in [4.78, 5) is 4.49. The molecule has 1 aliphatic rings. The molecule has 1 aliphatic heterocycles. The Morgan fingerprint density at radius 1 is 1.16 bits per heavy atom. The zero-order valence-corrected chi connectivity index (χ0v) is 13.4. The molecule has 106 valence electrons. The van der Waals surface area contributed by atoms with E-state index >= 15 is 0 Å². The molecule has 0 aromatic heterocycles. The number of rotatable bonds is 2. The van der Waals surface area contributed by atoms with Crippen molar-refractivity contribution in [2.24, 2.45) is 4.99 Å². The highest BCUT2D eigenvalue weighted by Crippen LogP contribution is 2.27. The largest absolute Gasteiger partial charge is 1.00 e. The molecule has 1 heterocycles. The van der Waals surface area contributed by atoms with Crippen molar-refractivity contribution in [2.45, 2.75) is 46.5 Å². The van der Waals surface area contributed by atoms with E-state index in [2.05, 4.69) is 57.1 Å². The minimum atomic E-state index is 0. The first-order valence-corrected chi connectivity index (χ1v) is 6.76. The van der Waals surface area contributed by atoms with Crippen LogP contribution in [0.5, 0.6) is 0 Å². The highest BCUT2D eigenvalue weighted by atomic mass is 35.5. The van der Waals surface area contributed by atoms with Crippen molar-refractivity contribution in [1.82, 2.24) is 5.32 Å². The number of aliphatic imine (C=N–C) groups is 1. The molecule has 0 unspecified atom stereocenters. The van der Waals surface area contributed by atoms with Gasteiger partial charge in [-0.3, -0.25) is 4.99 Å². The Morgan fingerprint density at radius 3 is 2.16 bits per heavy atom. The second kappa shape index (κ2) is 5.96. The van der Waals surface area contributed by atoms with Crippen LogP contribution in [-0.2, 0) is 11.8 Å². The standard InChI is InChI=1S/C16H24N2.ClH/c1-11-8-13(16(3,4)5)9-12(2)14(11)10-15-17-6-7-18-15;/h8-9H,6-7,10H2,1-5H3,(H,17,18);1H/p-1. The highest BCUT2D eigenvalue weighted by Gasteiger charge is 2.17. The summed E-state index contributed by atoms with van der Waals surface area (Å²) < 4.78 is 0. The Kier molecular flexibility index (Phi) is 5.03. The van der Waals surface area contributed by atoms with Crippen LogP contribution in [0.25, 0.3) is 0 Å². The van der Waals surface area contributed by atoms with E-state index < -0.39 is 0 Å². The lowest BCUT2D eigenvalue weighted by Crippen LogP contribution is -3.00. The van der Waals surface area contributed by atoms with Crippen LogP contribution < -0.4 is 17.7 Å². The van der Waals surface area contributed by atoms with Gasteiger partial charge in [0.25, 0.3) is 0 Å². The van der Waals surface area contributed by atoms with Gasteiger partial charge in [-0.25, -0.2) is 0 Å². The van der Waals surface area contributed by atoms with Crippen LogP contribution in [-0.4, -0.2) is 18.9 Å². The third-order valence-corrected chi connectivity index (χ3v) is 3.65. The Hall–Kier alpha value is -1.02. The van der Waals surface area contributed by atoms with Gasteiger partial charge in [-0.05, 0) is 41.5 Å². The normalized spacial score (nSPS) is 14.7. The maximum absolute atomic E-state index is 4.49. The number of hydrogen-bond acceptors (Lipinski definition) is 2. The summed E-state index contributed by atoms with van der Waals surface area (Å²) in [6, 6.07) is 4.66. The highest BCUT2D eigenvalue weighted by molar-refractivity contribution is 5.86. The van der Waals surface area contributed by atoms with Gasteiger partial charge in [0.1, 0.15) is 5.84 Å².